The van der Waals surface area contributed by atoms with E-state index in [0.717, 1.165) is 37.2 Å². The molecule has 1 atom stereocenters. The first kappa shape index (κ1) is 16.0. The Labute approximate surface area is 133 Å². The first-order valence-corrected chi connectivity index (χ1v) is 7.62. The smallest absolute Gasteiger partial charge is 0.295 e. The molecule has 2 aromatic rings. The zero-order valence-corrected chi connectivity index (χ0v) is 12.6. The van der Waals surface area contributed by atoms with Crippen LogP contribution in [0, 0.1) is 0 Å². The minimum Gasteiger partial charge on any atom is -0.295 e. The molecule has 0 N–H and O–H groups in total. The fraction of sp³-hybridized carbons (Fsp3) is 0.333. The van der Waals surface area contributed by atoms with E-state index in [9.17, 15) is 13.2 Å². The minimum absolute atomic E-state index is 0.0236. The summed E-state index contributed by atoms with van der Waals surface area (Å²) >= 11 is 0. The average molecular weight is 321 g/mol. The summed E-state index contributed by atoms with van der Waals surface area (Å²) in [6.07, 6.45) is -2.75. The number of hydroxylamine groups is 2. The molecule has 3 rings (SSSR count). The molecule has 5 heteroatoms. The van der Waals surface area contributed by atoms with Crippen molar-refractivity contribution in [3.8, 4) is 0 Å². The third kappa shape index (κ3) is 4.33. The van der Waals surface area contributed by atoms with Crippen LogP contribution in [0.5, 0.6) is 0 Å². The fourth-order valence-electron chi connectivity index (χ4n) is 2.74. The molecule has 0 aromatic heterocycles. The molecule has 0 spiro atoms. The zero-order valence-electron chi connectivity index (χ0n) is 12.6. The quantitative estimate of drug-likeness (QED) is 0.825. The van der Waals surface area contributed by atoms with Crippen molar-refractivity contribution in [1.29, 1.82) is 0 Å². The van der Waals surface area contributed by atoms with E-state index in [2.05, 4.69) is 0 Å². The molecule has 0 unspecified atom stereocenters. The highest BCUT2D eigenvalue weighted by molar-refractivity contribution is 5.25. The Morgan fingerprint density at radius 1 is 0.957 bits per heavy atom. The molecule has 0 bridgehead atoms. The van der Waals surface area contributed by atoms with E-state index in [4.69, 9.17) is 4.84 Å². The van der Waals surface area contributed by atoms with Crippen LogP contribution in [0.15, 0.2) is 54.6 Å². The van der Waals surface area contributed by atoms with Crippen LogP contribution in [-0.4, -0.2) is 17.7 Å². The van der Waals surface area contributed by atoms with Gasteiger partial charge in [0.2, 0.25) is 0 Å². The Morgan fingerprint density at radius 3 is 2.30 bits per heavy atom. The number of hydrogen-bond acceptors (Lipinski definition) is 2. The predicted octanol–water partition coefficient (Wildman–Crippen LogP) is 4.45. The van der Waals surface area contributed by atoms with Crippen molar-refractivity contribution in [3.63, 3.8) is 0 Å². The first-order chi connectivity index (χ1) is 11.0. The molecule has 0 aliphatic carbocycles. The summed E-state index contributed by atoms with van der Waals surface area (Å²) in [6, 6.07) is 15.4. The monoisotopic (exact) mass is 321 g/mol. The lowest BCUT2D eigenvalue weighted by Gasteiger charge is -2.16. The summed E-state index contributed by atoms with van der Waals surface area (Å²) in [7, 11) is 0. The Bertz CT molecular complexity index is 625. The highest BCUT2D eigenvalue weighted by Gasteiger charge is 2.30. The number of rotatable bonds is 4. The van der Waals surface area contributed by atoms with Gasteiger partial charge in [0, 0.05) is 19.5 Å². The lowest BCUT2D eigenvalue weighted by molar-refractivity contribution is -0.151. The number of hydrogen-bond donors (Lipinski definition) is 0. The standard InChI is InChI=1S/C18H18F3NO/c19-18(20,21)16-8-6-14(7-9-16)12-17-10-11-22(23-17)13-15-4-2-1-3-5-15/h1-9,17H,10-13H2/t17-/m0/s1. The van der Waals surface area contributed by atoms with Crippen LogP contribution in [0.25, 0.3) is 0 Å². The van der Waals surface area contributed by atoms with E-state index in [-0.39, 0.29) is 6.10 Å². The first-order valence-electron chi connectivity index (χ1n) is 7.62. The second-order valence-electron chi connectivity index (χ2n) is 5.76. The summed E-state index contributed by atoms with van der Waals surface area (Å²) in [6.45, 7) is 1.56. The normalized spacial score (nSPS) is 19.2. The van der Waals surface area contributed by atoms with Gasteiger partial charge >= 0.3 is 6.18 Å². The van der Waals surface area contributed by atoms with Gasteiger partial charge in [-0.25, -0.2) is 0 Å². The molecule has 23 heavy (non-hydrogen) atoms. The molecule has 0 amide bonds. The van der Waals surface area contributed by atoms with Crippen LogP contribution in [0.3, 0.4) is 0 Å². The summed E-state index contributed by atoms with van der Waals surface area (Å²) in [4.78, 5) is 5.88. The number of alkyl halides is 3. The van der Waals surface area contributed by atoms with Gasteiger partial charge in [-0.15, -0.1) is 0 Å². The van der Waals surface area contributed by atoms with Crippen molar-refractivity contribution < 1.29 is 18.0 Å². The van der Waals surface area contributed by atoms with Crippen LogP contribution < -0.4 is 0 Å². The van der Waals surface area contributed by atoms with Crippen molar-refractivity contribution in [2.45, 2.75) is 31.7 Å². The molecular weight excluding hydrogens is 303 g/mol. The second-order valence-corrected chi connectivity index (χ2v) is 5.76. The molecule has 122 valence electrons. The van der Waals surface area contributed by atoms with E-state index < -0.39 is 11.7 Å². The Kier molecular flexibility index (Phi) is 4.68. The summed E-state index contributed by atoms with van der Waals surface area (Å²) in [5.41, 5.74) is 1.44. The van der Waals surface area contributed by atoms with Gasteiger partial charge in [0.25, 0.3) is 0 Å². The van der Waals surface area contributed by atoms with Crippen molar-refractivity contribution in [2.75, 3.05) is 6.54 Å². The fourth-order valence-corrected chi connectivity index (χ4v) is 2.74. The summed E-state index contributed by atoms with van der Waals surface area (Å²) in [5.74, 6) is 0. The highest BCUT2D eigenvalue weighted by atomic mass is 19.4. The molecule has 1 aliphatic rings. The van der Waals surface area contributed by atoms with Crippen molar-refractivity contribution in [2.24, 2.45) is 0 Å². The average Bonchev–Trinajstić information content (AvgIpc) is 2.95. The molecule has 1 fully saturated rings. The van der Waals surface area contributed by atoms with Crippen LogP contribution in [0.1, 0.15) is 23.1 Å². The lowest BCUT2D eigenvalue weighted by Crippen LogP contribution is -2.20. The van der Waals surface area contributed by atoms with Gasteiger partial charge in [0.05, 0.1) is 11.7 Å². The maximum Gasteiger partial charge on any atom is 0.416 e. The van der Waals surface area contributed by atoms with E-state index in [1.807, 2.05) is 35.4 Å². The molecule has 1 aliphatic heterocycles. The van der Waals surface area contributed by atoms with E-state index in [1.165, 1.54) is 17.7 Å². The van der Waals surface area contributed by atoms with Gasteiger partial charge in [0.15, 0.2) is 0 Å². The lowest BCUT2D eigenvalue weighted by atomic mass is 10.0. The van der Waals surface area contributed by atoms with Gasteiger partial charge in [-0.2, -0.15) is 18.2 Å². The molecule has 2 nitrogen and oxygen atoms in total. The Hall–Kier alpha value is -1.85. The van der Waals surface area contributed by atoms with E-state index in [0.29, 0.717) is 6.42 Å². The molecule has 0 saturated carbocycles. The second kappa shape index (κ2) is 6.72. The van der Waals surface area contributed by atoms with Crippen molar-refractivity contribution >= 4 is 0 Å². The topological polar surface area (TPSA) is 12.5 Å². The van der Waals surface area contributed by atoms with Crippen LogP contribution in [0.2, 0.25) is 0 Å². The largest absolute Gasteiger partial charge is 0.416 e. The van der Waals surface area contributed by atoms with Gasteiger partial charge in [0.1, 0.15) is 0 Å². The van der Waals surface area contributed by atoms with Crippen molar-refractivity contribution in [1.82, 2.24) is 5.06 Å². The van der Waals surface area contributed by atoms with Gasteiger partial charge in [-0.1, -0.05) is 42.5 Å². The van der Waals surface area contributed by atoms with Gasteiger partial charge in [-0.05, 0) is 29.7 Å². The molecule has 1 saturated heterocycles. The van der Waals surface area contributed by atoms with Crippen LogP contribution >= 0.6 is 0 Å². The SMILES string of the molecule is FC(F)(F)c1ccc(C[C@@H]2CCN(Cc3ccccc3)O2)cc1. The van der Waals surface area contributed by atoms with Crippen LogP contribution in [-0.2, 0) is 24.0 Å². The van der Waals surface area contributed by atoms with E-state index in [1.54, 1.807) is 0 Å². The highest BCUT2D eigenvalue weighted by Crippen LogP contribution is 2.29. The molecule has 2 aromatic carbocycles. The predicted molar refractivity (Wildman–Crippen MR) is 81.5 cm³/mol. The molecule has 0 radical (unpaired) electrons. The van der Waals surface area contributed by atoms with Gasteiger partial charge in [-0.3, -0.25) is 4.84 Å². The third-order valence-corrected chi connectivity index (χ3v) is 3.95. The maximum atomic E-state index is 12.6. The summed E-state index contributed by atoms with van der Waals surface area (Å²) in [5, 5.41) is 1.92. The minimum atomic E-state index is -4.28. The van der Waals surface area contributed by atoms with Gasteiger partial charge < -0.3 is 0 Å². The number of nitrogens with zero attached hydrogens (tertiary/aromatic N) is 1. The Morgan fingerprint density at radius 2 is 1.65 bits per heavy atom. The molecule has 1 heterocycles. The number of benzene rings is 2. The third-order valence-electron chi connectivity index (χ3n) is 3.95. The summed E-state index contributed by atoms with van der Waals surface area (Å²) < 4.78 is 37.7. The maximum absolute atomic E-state index is 12.6. The van der Waals surface area contributed by atoms with Crippen molar-refractivity contribution in [3.05, 3.63) is 71.3 Å². The van der Waals surface area contributed by atoms with E-state index >= 15 is 0 Å². The van der Waals surface area contributed by atoms with Crippen LogP contribution in [0.4, 0.5) is 13.2 Å². The number of halogens is 3. The zero-order chi connectivity index (χ0) is 16.3. The Balaban J connectivity index is 1.54. The molecular formula is C18H18F3NO.